The summed E-state index contributed by atoms with van der Waals surface area (Å²) in [4.78, 5) is 17.6. The van der Waals surface area contributed by atoms with Gasteiger partial charge < -0.3 is 19.8 Å². The minimum Gasteiger partial charge on any atom is -0.490 e. The van der Waals surface area contributed by atoms with Crippen LogP contribution in [0, 0.1) is 0 Å². The van der Waals surface area contributed by atoms with E-state index in [1.807, 2.05) is 49.5 Å². The largest absolute Gasteiger partial charge is 0.490 e. The van der Waals surface area contributed by atoms with E-state index < -0.39 is 0 Å². The summed E-state index contributed by atoms with van der Waals surface area (Å²) >= 11 is 1.70. The van der Waals surface area contributed by atoms with Crippen molar-refractivity contribution in [1.29, 1.82) is 0 Å². The summed E-state index contributed by atoms with van der Waals surface area (Å²) in [6.45, 7) is 3.98. The third kappa shape index (κ3) is 4.98. The van der Waals surface area contributed by atoms with Crippen molar-refractivity contribution in [2.45, 2.75) is 12.8 Å². The Morgan fingerprint density at radius 1 is 1.06 bits per heavy atom. The maximum Gasteiger partial charge on any atom is 0.255 e. The zero-order valence-corrected chi connectivity index (χ0v) is 18.3. The Labute approximate surface area is 186 Å². The number of amides is 1. The number of H-pyrrole nitrogens is 1. The minimum atomic E-state index is -0.145. The number of fused-ring (bicyclic) bond motifs is 1. The van der Waals surface area contributed by atoms with Crippen molar-refractivity contribution in [2.75, 3.05) is 26.4 Å². The summed E-state index contributed by atoms with van der Waals surface area (Å²) in [5.41, 5.74) is 2.81. The number of rotatable bonds is 10. The van der Waals surface area contributed by atoms with Crippen LogP contribution in [0.3, 0.4) is 0 Å². The van der Waals surface area contributed by atoms with E-state index in [4.69, 9.17) is 9.47 Å². The van der Waals surface area contributed by atoms with Gasteiger partial charge in [0.25, 0.3) is 5.91 Å². The monoisotopic (exact) mass is 434 g/mol. The second-order valence-electron chi connectivity index (χ2n) is 7.11. The Balaban J connectivity index is 1.52. The molecule has 0 saturated carbocycles. The molecule has 5 nitrogen and oxygen atoms in total. The van der Waals surface area contributed by atoms with Crippen LogP contribution in [0.25, 0.3) is 10.9 Å². The van der Waals surface area contributed by atoms with Crippen molar-refractivity contribution in [3.63, 3.8) is 0 Å². The van der Waals surface area contributed by atoms with Crippen molar-refractivity contribution < 1.29 is 14.3 Å². The number of aromatic amines is 1. The van der Waals surface area contributed by atoms with Crippen LogP contribution < -0.4 is 10.1 Å². The maximum atomic E-state index is 13.0. The summed E-state index contributed by atoms with van der Waals surface area (Å²) in [7, 11) is 0. The number of aromatic nitrogens is 1. The molecule has 0 radical (unpaired) electrons. The highest BCUT2D eigenvalue weighted by Gasteiger charge is 2.21. The summed E-state index contributed by atoms with van der Waals surface area (Å²) < 4.78 is 11.1. The Morgan fingerprint density at radius 2 is 1.90 bits per heavy atom. The molecule has 0 bridgehead atoms. The Morgan fingerprint density at radius 3 is 2.74 bits per heavy atom. The highest BCUT2D eigenvalue weighted by atomic mass is 32.1. The number of carbonyl (C=O) groups excluding carboxylic acids is 1. The normalized spacial score (nSPS) is 12.0. The van der Waals surface area contributed by atoms with Gasteiger partial charge in [-0.2, -0.15) is 0 Å². The molecular formula is C25H26N2O3S. The highest BCUT2D eigenvalue weighted by Crippen LogP contribution is 2.33. The van der Waals surface area contributed by atoms with Gasteiger partial charge in [-0.1, -0.05) is 36.4 Å². The highest BCUT2D eigenvalue weighted by molar-refractivity contribution is 7.10. The van der Waals surface area contributed by atoms with Gasteiger partial charge in [-0.05, 0) is 42.1 Å². The van der Waals surface area contributed by atoms with Crippen LogP contribution in [0.4, 0.5) is 0 Å². The number of para-hydroxylation sites is 2. The van der Waals surface area contributed by atoms with Gasteiger partial charge in [0.1, 0.15) is 12.4 Å². The van der Waals surface area contributed by atoms with Gasteiger partial charge in [-0.25, -0.2) is 0 Å². The first-order valence-electron chi connectivity index (χ1n) is 10.4. The van der Waals surface area contributed by atoms with Crippen LogP contribution >= 0.6 is 11.3 Å². The van der Waals surface area contributed by atoms with E-state index in [0.717, 1.165) is 5.52 Å². The first-order chi connectivity index (χ1) is 15.3. The van der Waals surface area contributed by atoms with Gasteiger partial charge in [-0.3, -0.25) is 4.79 Å². The van der Waals surface area contributed by atoms with Crippen LogP contribution in [0.1, 0.15) is 33.6 Å². The Hall–Kier alpha value is -3.09. The number of nitrogens with one attached hydrogen (secondary N) is 2. The SMILES string of the molecule is CCOCCOc1ccccc1C(=O)NCC(c1cccs1)c1c[nH]c2ccccc12. The molecule has 0 fully saturated rings. The molecule has 2 N–H and O–H groups in total. The number of thiophene rings is 1. The average molecular weight is 435 g/mol. The van der Waals surface area contributed by atoms with Gasteiger partial charge >= 0.3 is 0 Å². The molecule has 0 spiro atoms. The number of carbonyl (C=O) groups is 1. The standard InChI is InChI=1S/C25H26N2O3S/c1-2-29-13-14-30-23-11-6-4-9-19(23)25(28)27-17-21(24-12-7-15-31-24)20-16-26-22-10-5-3-8-18(20)22/h3-12,15-16,21,26H,2,13-14,17H2,1H3,(H,27,28). The molecule has 31 heavy (non-hydrogen) atoms. The summed E-state index contributed by atoms with van der Waals surface area (Å²) in [5.74, 6) is 0.485. The lowest BCUT2D eigenvalue weighted by Gasteiger charge is -2.17. The summed E-state index contributed by atoms with van der Waals surface area (Å²) in [5, 5.41) is 6.37. The lowest BCUT2D eigenvalue weighted by molar-refractivity contribution is 0.0935. The molecule has 2 heterocycles. The molecule has 1 atom stereocenters. The topological polar surface area (TPSA) is 63.4 Å². The van der Waals surface area contributed by atoms with Crippen LogP contribution in [0.5, 0.6) is 5.75 Å². The lowest BCUT2D eigenvalue weighted by atomic mass is 9.96. The number of benzene rings is 2. The maximum absolute atomic E-state index is 13.0. The van der Waals surface area contributed by atoms with Crippen LogP contribution in [0.15, 0.2) is 72.2 Å². The average Bonchev–Trinajstić information content (AvgIpc) is 3.48. The molecule has 6 heteroatoms. The van der Waals surface area contributed by atoms with Crippen molar-refractivity contribution in [3.05, 3.63) is 88.2 Å². The predicted octanol–water partition coefficient (Wildman–Crippen LogP) is 5.21. The number of hydrogen-bond donors (Lipinski definition) is 2. The van der Waals surface area contributed by atoms with E-state index in [-0.39, 0.29) is 11.8 Å². The molecule has 0 saturated heterocycles. The van der Waals surface area contributed by atoms with Gasteiger partial charge in [-0.15, -0.1) is 11.3 Å². The fourth-order valence-corrected chi connectivity index (χ4v) is 4.51. The van der Waals surface area contributed by atoms with Gasteiger partial charge in [0.15, 0.2) is 0 Å². The molecule has 0 aliphatic heterocycles. The predicted molar refractivity (Wildman–Crippen MR) is 125 cm³/mol. The van der Waals surface area contributed by atoms with E-state index in [9.17, 15) is 4.79 Å². The molecule has 1 unspecified atom stereocenters. The van der Waals surface area contributed by atoms with E-state index in [2.05, 4.69) is 33.9 Å². The first kappa shape index (κ1) is 21.2. The smallest absolute Gasteiger partial charge is 0.255 e. The van der Waals surface area contributed by atoms with E-state index >= 15 is 0 Å². The van der Waals surface area contributed by atoms with Crippen molar-refractivity contribution >= 4 is 28.1 Å². The first-order valence-corrected chi connectivity index (χ1v) is 11.3. The van der Waals surface area contributed by atoms with Crippen LogP contribution in [-0.4, -0.2) is 37.3 Å². The molecule has 1 amide bonds. The third-order valence-electron chi connectivity index (χ3n) is 5.17. The minimum absolute atomic E-state index is 0.0612. The molecule has 0 aliphatic carbocycles. The molecular weight excluding hydrogens is 408 g/mol. The van der Waals surface area contributed by atoms with Gasteiger partial charge in [0.2, 0.25) is 0 Å². The molecule has 0 aliphatic rings. The molecule has 4 aromatic rings. The molecule has 2 aromatic heterocycles. The Kier molecular flexibility index (Phi) is 7.02. The van der Waals surface area contributed by atoms with Crippen molar-refractivity contribution in [1.82, 2.24) is 10.3 Å². The second kappa shape index (κ2) is 10.3. The van der Waals surface area contributed by atoms with Crippen molar-refractivity contribution in [3.8, 4) is 5.75 Å². The zero-order chi connectivity index (χ0) is 21.5. The molecule has 160 valence electrons. The van der Waals surface area contributed by atoms with Gasteiger partial charge in [0.05, 0.1) is 12.2 Å². The summed E-state index contributed by atoms with van der Waals surface area (Å²) in [6, 6.07) is 19.7. The molecule has 4 rings (SSSR count). The second-order valence-corrected chi connectivity index (χ2v) is 8.09. The van der Waals surface area contributed by atoms with E-state index in [1.165, 1.54) is 15.8 Å². The van der Waals surface area contributed by atoms with E-state index in [1.54, 1.807) is 17.4 Å². The third-order valence-corrected chi connectivity index (χ3v) is 6.16. The Bertz CT molecular complexity index is 1120. The lowest BCUT2D eigenvalue weighted by Crippen LogP contribution is -2.29. The number of ether oxygens (including phenoxy) is 2. The van der Waals surface area contributed by atoms with Crippen LogP contribution in [-0.2, 0) is 4.74 Å². The fourth-order valence-electron chi connectivity index (χ4n) is 3.66. The summed E-state index contributed by atoms with van der Waals surface area (Å²) in [6.07, 6.45) is 2.05. The van der Waals surface area contributed by atoms with Crippen LogP contribution in [0.2, 0.25) is 0 Å². The quantitative estimate of drug-likeness (QED) is 0.337. The fraction of sp³-hybridized carbons (Fsp3) is 0.240. The zero-order valence-electron chi connectivity index (χ0n) is 17.5. The molecule has 2 aromatic carbocycles. The van der Waals surface area contributed by atoms with E-state index in [0.29, 0.717) is 37.7 Å². The van der Waals surface area contributed by atoms with Crippen molar-refractivity contribution in [2.24, 2.45) is 0 Å². The number of hydrogen-bond acceptors (Lipinski definition) is 4. The van der Waals surface area contributed by atoms with Gasteiger partial charge in [0, 0.05) is 41.0 Å².